The molecule has 0 radical (unpaired) electrons. The fourth-order valence-corrected chi connectivity index (χ4v) is 3.68. The van der Waals surface area contributed by atoms with Crippen LogP contribution in [-0.4, -0.2) is 34.0 Å². The van der Waals surface area contributed by atoms with E-state index in [1.54, 1.807) is 36.9 Å². The molecule has 0 aliphatic rings. The number of thioether (sulfide) groups is 1. The third-order valence-electron chi connectivity index (χ3n) is 4.23. The average Bonchev–Trinajstić information content (AvgIpc) is 3.11. The van der Waals surface area contributed by atoms with E-state index in [0.717, 1.165) is 29.0 Å². The number of aromatic amines is 1. The molecule has 0 spiro atoms. The number of carbonyl (C=O) groups is 1. The highest BCUT2D eigenvalue weighted by atomic mass is 35.5. The molecule has 2 aromatic carbocycles. The number of imidazole rings is 1. The molecule has 8 heteroatoms. The van der Waals surface area contributed by atoms with Gasteiger partial charge in [0.1, 0.15) is 11.6 Å². The van der Waals surface area contributed by atoms with E-state index in [4.69, 9.17) is 27.9 Å². The number of rotatable bonds is 8. The summed E-state index contributed by atoms with van der Waals surface area (Å²) in [6, 6.07) is 12.5. The minimum Gasteiger partial charge on any atom is -0.479 e. The number of nitrogens with zero attached hydrogens (tertiary/aromatic N) is 1. The second kappa shape index (κ2) is 9.54. The molecular formula is C20H21Cl2N3O2S. The molecule has 0 aliphatic carbocycles. The number of nitrogens with one attached hydrogen (secondary N) is 2. The summed E-state index contributed by atoms with van der Waals surface area (Å²) in [5, 5.41) is 3.91. The van der Waals surface area contributed by atoms with Crippen LogP contribution in [0.15, 0.2) is 42.5 Å². The van der Waals surface area contributed by atoms with E-state index >= 15 is 0 Å². The third kappa shape index (κ3) is 5.13. The highest BCUT2D eigenvalue weighted by molar-refractivity contribution is 7.98. The van der Waals surface area contributed by atoms with E-state index in [0.29, 0.717) is 15.8 Å². The molecule has 2 unspecified atom stereocenters. The maximum atomic E-state index is 12.7. The Morgan fingerprint density at radius 2 is 2.07 bits per heavy atom. The lowest BCUT2D eigenvalue weighted by molar-refractivity contribution is -0.128. The van der Waals surface area contributed by atoms with Crippen LogP contribution in [0.25, 0.3) is 11.0 Å². The number of H-pyrrole nitrogens is 1. The van der Waals surface area contributed by atoms with E-state index in [2.05, 4.69) is 15.3 Å². The molecular weight excluding hydrogens is 417 g/mol. The minimum absolute atomic E-state index is 0.237. The standard InChI is InChI=1S/C20H21Cl2N3O2S/c1-12(27-18-8-7-13(21)11-14(18)22)20(26)25-17(9-10-28-2)19-23-15-5-3-4-6-16(15)24-19/h3-8,11-12,17H,9-10H2,1-2H3,(H,23,24)(H,25,26). The molecule has 1 heterocycles. The molecule has 3 aromatic rings. The first-order valence-electron chi connectivity index (χ1n) is 8.83. The van der Waals surface area contributed by atoms with Crippen LogP contribution in [-0.2, 0) is 4.79 Å². The number of hydrogen-bond donors (Lipinski definition) is 2. The Labute approximate surface area is 178 Å². The number of fused-ring (bicyclic) bond motifs is 1. The van der Waals surface area contributed by atoms with E-state index < -0.39 is 6.10 Å². The second-order valence-electron chi connectivity index (χ2n) is 6.32. The Bertz CT molecular complexity index is 931. The van der Waals surface area contributed by atoms with Gasteiger partial charge in [-0.2, -0.15) is 11.8 Å². The van der Waals surface area contributed by atoms with Gasteiger partial charge < -0.3 is 15.0 Å². The number of halogens is 2. The highest BCUT2D eigenvalue weighted by Crippen LogP contribution is 2.28. The first-order valence-corrected chi connectivity index (χ1v) is 11.0. The number of benzene rings is 2. The molecule has 0 saturated heterocycles. The lowest BCUT2D eigenvalue weighted by Gasteiger charge is -2.20. The number of ether oxygens (including phenoxy) is 1. The second-order valence-corrected chi connectivity index (χ2v) is 8.15. The van der Waals surface area contributed by atoms with Gasteiger partial charge in [-0.05, 0) is 55.7 Å². The van der Waals surface area contributed by atoms with Gasteiger partial charge in [-0.15, -0.1) is 0 Å². The van der Waals surface area contributed by atoms with Crippen molar-refractivity contribution in [3.05, 3.63) is 58.3 Å². The van der Waals surface area contributed by atoms with Gasteiger partial charge in [0.05, 0.1) is 22.1 Å². The predicted octanol–water partition coefficient (Wildman–Crippen LogP) is 5.25. The first kappa shape index (κ1) is 20.8. The van der Waals surface area contributed by atoms with Crippen LogP contribution >= 0.6 is 35.0 Å². The van der Waals surface area contributed by atoms with Gasteiger partial charge in [0.15, 0.2) is 6.10 Å². The molecule has 0 bridgehead atoms. The van der Waals surface area contributed by atoms with E-state index in [-0.39, 0.29) is 11.9 Å². The maximum absolute atomic E-state index is 12.7. The molecule has 0 aliphatic heterocycles. The van der Waals surface area contributed by atoms with Crippen LogP contribution in [0.1, 0.15) is 25.2 Å². The van der Waals surface area contributed by atoms with E-state index in [1.807, 2.05) is 30.5 Å². The summed E-state index contributed by atoms with van der Waals surface area (Å²) in [6.07, 6.45) is 2.06. The van der Waals surface area contributed by atoms with Crippen LogP contribution in [0.5, 0.6) is 5.75 Å². The minimum atomic E-state index is -0.722. The normalized spacial score (nSPS) is 13.3. The topological polar surface area (TPSA) is 67.0 Å². The summed E-state index contributed by atoms with van der Waals surface area (Å²) in [4.78, 5) is 20.7. The number of amides is 1. The molecule has 0 fully saturated rings. The van der Waals surface area contributed by atoms with Gasteiger partial charge >= 0.3 is 0 Å². The van der Waals surface area contributed by atoms with E-state index in [9.17, 15) is 4.79 Å². The fourth-order valence-electron chi connectivity index (χ4n) is 2.75. The van der Waals surface area contributed by atoms with Gasteiger partial charge in [-0.25, -0.2) is 4.98 Å². The monoisotopic (exact) mass is 437 g/mol. The summed E-state index contributed by atoms with van der Waals surface area (Å²) in [7, 11) is 0. The number of aromatic nitrogens is 2. The molecule has 1 aromatic heterocycles. The van der Waals surface area contributed by atoms with Crippen molar-refractivity contribution in [1.82, 2.24) is 15.3 Å². The number of hydrogen-bond acceptors (Lipinski definition) is 4. The Hall–Kier alpha value is -1.89. The van der Waals surface area contributed by atoms with Crippen LogP contribution < -0.4 is 10.1 Å². The highest BCUT2D eigenvalue weighted by Gasteiger charge is 2.23. The maximum Gasteiger partial charge on any atom is 0.261 e. The Morgan fingerprint density at radius 3 is 2.79 bits per heavy atom. The summed E-state index contributed by atoms with van der Waals surface area (Å²) in [5.41, 5.74) is 1.82. The molecule has 28 heavy (non-hydrogen) atoms. The molecule has 148 valence electrons. The molecule has 3 rings (SSSR count). The summed E-state index contributed by atoms with van der Waals surface area (Å²) < 4.78 is 5.72. The first-order chi connectivity index (χ1) is 13.5. The lowest BCUT2D eigenvalue weighted by Crippen LogP contribution is -2.39. The van der Waals surface area contributed by atoms with Crippen molar-refractivity contribution in [1.29, 1.82) is 0 Å². The van der Waals surface area contributed by atoms with Crippen LogP contribution in [0.2, 0.25) is 10.0 Å². The Balaban J connectivity index is 1.73. The number of carbonyl (C=O) groups excluding carboxylic acids is 1. The smallest absolute Gasteiger partial charge is 0.261 e. The van der Waals surface area contributed by atoms with Crippen molar-refractivity contribution >= 4 is 51.9 Å². The Morgan fingerprint density at radius 1 is 1.29 bits per heavy atom. The Kier molecular flexibility index (Phi) is 7.10. The van der Waals surface area contributed by atoms with Crippen molar-refractivity contribution in [2.45, 2.75) is 25.5 Å². The third-order valence-corrected chi connectivity index (χ3v) is 5.41. The van der Waals surface area contributed by atoms with Gasteiger partial charge in [0, 0.05) is 5.02 Å². The van der Waals surface area contributed by atoms with Crippen molar-refractivity contribution in [3.63, 3.8) is 0 Å². The average molecular weight is 438 g/mol. The van der Waals surface area contributed by atoms with Gasteiger partial charge in [0.25, 0.3) is 5.91 Å². The summed E-state index contributed by atoms with van der Waals surface area (Å²) in [5.74, 6) is 1.80. The van der Waals surface area contributed by atoms with Crippen LogP contribution in [0, 0.1) is 0 Å². The van der Waals surface area contributed by atoms with Crippen molar-refractivity contribution in [2.24, 2.45) is 0 Å². The molecule has 2 atom stereocenters. The van der Waals surface area contributed by atoms with Crippen molar-refractivity contribution in [3.8, 4) is 5.75 Å². The van der Waals surface area contributed by atoms with Crippen molar-refractivity contribution < 1.29 is 9.53 Å². The summed E-state index contributed by atoms with van der Waals surface area (Å²) in [6.45, 7) is 1.69. The largest absolute Gasteiger partial charge is 0.479 e. The molecule has 2 N–H and O–H groups in total. The lowest BCUT2D eigenvalue weighted by atomic mass is 10.2. The zero-order valence-corrected chi connectivity index (χ0v) is 17.9. The van der Waals surface area contributed by atoms with E-state index in [1.165, 1.54) is 0 Å². The number of para-hydroxylation sites is 2. The van der Waals surface area contributed by atoms with Gasteiger partial charge in [-0.3, -0.25) is 4.79 Å². The quantitative estimate of drug-likeness (QED) is 0.504. The molecule has 5 nitrogen and oxygen atoms in total. The van der Waals surface area contributed by atoms with Gasteiger partial charge in [-0.1, -0.05) is 35.3 Å². The SMILES string of the molecule is CSCCC(NC(=O)C(C)Oc1ccc(Cl)cc1Cl)c1nc2ccccc2[nH]1. The zero-order valence-electron chi connectivity index (χ0n) is 15.5. The van der Waals surface area contributed by atoms with Crippen LogP contribution in [0.3, 0.4) is 0 Å². The van der Waals surface area contributed by atoms with Crippen LogP contribution in [0.4, 0.5) is 0 Å². The molecule has 1 amide bonds. The van der Waals surface area contributed by atoms with Gasteiger partial charge in [0.2, 0.25) is 0 Å². The molecule has 0 saturated carbocycles. The fraction of sp³-hybridized carbons (Fsp3) is 0.300. The zero-order chi connectivity index (χ0) is 20.1. The summed E-state index contributed by atoms with van der Waals surface area (Å²) >= 11 is 13.8. The van der Waals surface area contributed by atoms with Crippen molar-refractivity contribution in [2.75, 3.05) is 12.0 Å². The predicted molar refractivity (Wildman–Crippen MR) is 117 cm³/mol.